The van der Waals surface area contributed by atoms with Gasteiger partial charge in [0, 0.05) is 23.4 Å². The number of rotatable bonds is 7. The highest BCUT2D eigenvalue weighted by molar-refractivity contribution is 7.80. The standard InChI is InChI=1S/C29H25ClN4O4S/c1-16(2)27(35)32-21-11-10-17(15-20(21)30)34-26(25(33-29(34)39)22-9-5-6-14-31-22)24-13-12-23(38-24)18-7-3-4-8-19(18)28(36)37/h3-16,25-26H,1-2H3,(H,32,35)(H,33,39)(H,36,37)/t25-,26-/m0/s1. The lowest BCUT2D eigenvalue weighted by Gasteiger charge is -2.26. The van der Waals surface area contributed by atoms with E-state index in [1.807, 2.05) is 35.2 Å². The lowest BCUT2D eigenvalue weighted by molar-refractivity contribution is -0.118. The largest absolute Gasteiger partial charge is 0.478 e. The maximum Gasteiger partial charge on any atom is 0.336 e. The van der Waals surface area contributed by atoms with Crippen molar-refractivity contribution in [3.05, 3.63) is 101 Å². The number of benzene rings is 2. The molecule has 8 nitrogen and oxygen atoms in total. The summed E-state index contributed by atoms with van der Waals surface area (Å²) in [6.07, 6.45) is 1.71. The van der Waals surface area contributed by atoms with Crippen LogP contribution in [-0.4, -0.2) is 27.1 Å². The Morgan fingerprint density at radius 1 is 1.10 bits per heavy atom. The summed E-state index contributed by atoms with van der Waals surface area (Å²) in [6, 6.07) is 20.4. The highest BCUT2D eigenvalue weighted by Crippen LogP contribution is 2.44. The molecule has 0 aliphatic carbocycles. The molecule has 39 heavy (non-hydrogen) atoms. The third kappa shape index (κ3) is 5.23. The second-order valence-electron chi connectivity index (χ2n) is 9.36. The first kappa shape index (κ1) is 26.4. The Morgan fingerprint density at radius 3 is 2.56 bits per heavy atom. The Bertz CT molecular complexity index is 1560. The fraction of sp³-hybridized carbons (Fsp3) is 0.172. The molecular formula is C29H25ClN4O4S. The minimum Gasteiger partial charge on any atom is -0.478 e. The van der Waals surface area contributed by atoms with E-state index >= 15 is 0 Å². The zero-order valence-electron chi connectivity index (χ0n) is 21.1. The van der Waals surface area contributed by atoms with Gasteiger partial charge in [-0.05, 0) is 60.7 Å². The van der Waals surface area contributed by atoms with Gasteiger partial charge in [-0.25, -0.2) is 4.79 Å². The number of aromatic nitrogens is 1. The van der Waals surface area contributed by atoms with Crippen LogP contribution in [0.2, 0.25) is 5.02 Å². The number of hydrogen-bond acceptors (Lipinski definition) is 5. The average molecular weight is 561 g/mol. The van der Waals surface area contributed by atoms with Crippen LogP contribution in [0.15, 0.2) is 83.4 Å². The smallest absolute Gasteiger partial charge is 0.336 e. The average Bonchev–Trinajstić information content (AvgIpc) is 3.54. The number of carbonyl (C=O) groups is 2. The first-order chi connectivity index (χ1) is 18.7. The summed E-state index contributed by atoms with van der Waals surface area (Å²) >= 11 is 12.4. The maximum atomic E-state index is 12.2. The van der Waals surface area contributed by atoms with Gasteiger partial charge in [0.1, 0.15) is 17.6 Å². The lowest BCUT2D eigenvalue weighted by Crippen LogP contribution is -2.29. The zero-order valence-corrected chi connectivity index (χ0v) is 22.7. The number of carboxylic acids is 1. The van der Waals surface area contributed by atoms with Gasteiger partial charge in [-0.15, -0.1) is 0 Å². The Hall–Kier alpha value is -4.21. The predicted molar refractivity (Wildman–Crippen MR) is 154 cm³/mol. The number of amides is 1. The van der Waals surface area contributed by atoms with Gasteiger partial charge in [0.2, 0.25) is 5.91 Å². The fourth-order valence-electron chi connectivity index (χ4n) is 4.50. The Kier molecular flexibility index (Phi) is 7.36. The minimum atomic E-state index is -1.04. The Labute approximate surface area is 235 Å². The van der Waals surface area contributed by atoms with Crippen molar-refractivity contribution < 1.29 is 19.1 Å². The van der Waals surface area contributed by atoms with Crippen molar-refractivity contribution in [2.75, 3.05) is 10.2 Å². The lowest BCUT2D eigenvalue weighted by atomic mass is 10.0. The molecule has 0 radical (unpaired) electrons. The van der Waals surface area contributed by atoms with Gasteiger partial charge >= 0.3 is 5.97 Å². The van der Waals surface area contributed by atoms with Crippen LogP contribution in [0.5, 0.6) is 0 Å². The van der Waals surface area contributed by atoms with Crippen molar-refractivity contribution in [3.8, 4) is 11.3 Å². The number of aromatic carboxylic acids is 1. The minimum absolute atomic E-state index is 0.138. The summed E-state index contributed by atoms with van der Waals surface area (Å²) in [5.41, 5.74) is 2.55. The third-order valence-electron chi connectivity index (χ3n) is 6.45. The topological polar surface area (TPSA) is 108 Å². The van der Waals surface area contributed by atoms with Crippen LogP contribution >= 0.6 is 23.8 Å². The molecule has 3 heterocycles. The molecule has 0 saturated carbocycles. The molecule has 3 N–H and O–H groups in total. The number of nitrogens with zero attached hydrogens (tertiary/aromatic N) is 2. The number of nitrogens with one attached hydrogen (secondary N) is 2. The number of anilines is 2. The number of carboxylic acid groups (broad SMARTS) is 1. The Balaban J connectivity index is 1.57. The van der Waals surface area contributed by atoms with Gasteiger partial charge in [0.25, 0.3) is 0 Å². The van der Waals surface area contributed by atoms with Gasteiger partial charge in [0.15, 0.2) is 5.11 Å². The monoisotopic (exact) mass is 560 g/mol. The number of thiocarbonyl (C=S) groups is 1. The fourth-order valence-corrected chi connectivity index (χ4v) is 5.06. The van der Waals surface area contributed by atoms with Crippen molar-refractivity contribution in [3.63, 3.8) is 0 Å². The molecule has 4 aromatic rings. The van der Waals surface area contributed by atoms with E-state index in [-0.39, 0.29) is 23.4 Å². The molecule has 0 unspecified atom stereocenters. The van der Waals surface area contributed by atoms with Crippen molar-refractivity contribution in [1.82, 2.24) is 10.3 Å². The number of halogens is 1. The van der Waals surface area contributed by atoms with Gasteiger partial charge in [-0.1, -0.05) is 49.7 Å². The molecule has 5 rings (SSSR count). The molecule has 0 bridgehead atoms. The van der Waals surface area contributed by atoms with Crippen LogP contribution in [0.3, 0.4) is 0 Å². The Morgan fingerprint density at radius 2 is 1.87 bits per heavy atom. The zero-order chi connectivity index (χ0) is 27.7. The number of carbonyl (C=O) groups excluding carboxylic acids is 1. The molecule has 2 atom stereocenters. The van der Waals surface area contributed by atoms with Crippen LogP contribution in [0.25, 0.3) is 11.3 Å². The predicted octanol–water partition coefficient (Wildman–Crippen LogP) is 6.46. The SMILES string of the molecule is CC(C)C(=O)Nc1ccc(N2C(=S)N[C@@H](c3ccccn3)[C@@H]2c2ccc(-c3ccccc3C(=O)O)o2)cc1Cl. The van der Waals surface area contributed by atoms with Crippen LogP contribution in [0.1, 0.15) is 47.7 Å². The van der Waals surface area contributed by atoms with E-state index in [0.717, 1.165) is 5.69 Å². The van der Waals surface area contributed by atoms with Crippen molar-refractivity contribution in [2.24, 2.45) is 5.92 Å². The molecule has 10 heteroatoms. The van der Waals surface area contributed by atoms with Crippen molar-refractivity contribution in [1.29, 1.82) is 0 Å². The highest BCUT2D eigenvalue weighted by Gasteiger charge is 2.43. The molecule has 1 aliphatic heterocycles. The van der Waals surface area contributed by atoms with E-state index in [0.29, 0.717) is 38.6 Å². The molecule has 1 aliphatic rings. The normalized spacial score (nSPS) is 16.8. The van der Waals surface area contributed by atoms with Crippen LogP contribution in [0, 0.1) is 5.92 Å². The van der Waals surface area contributed by atoms with Gasteiger partial charge < -0.3 is 25.1 Å². The summed E-state index contributed by atoms with van der Waals surface area (Å²) in [4.78, 5) is 30.5. The first-order valence-electron chi connectivity index (χ1n) is 12.3. The maximum absolute atomic E-state index is 12.2. The first-order valence-corrected chi connectivity index (χ1v) is 13.1. The van der Waals surface area contributed by atoms with Crippen molar-refractivity contribution in [2.45, 2.75) is 25.9 Å². The van der Waals surface area contributed by atoms with E-state index in [4.69, 9.17) is 28.2 Å². The second kappa shape index (κ2) is 10.9. The quantitative estimate of drug-likeness (QED) is 0.221. The molecule has 1 saturated heterocycles. The van der Waals surface area contributed by atoms with Crippen LogP contribution < -0.4 is 15.5 Å². The molecule has 0 spiro atoms. The van der Waals surface area contributed by atoms with Crippen molar-refractivity contribution >= 4 is 52.2 Å². The van der Waals surface area contributed by atoms with Crippen LogP contribution in [0.4, 0.5) is 11.4 Å². The molecular weight excluding hydrogens is 536 g/mol. The molecule has 1 fully saturated rings. The summed E-state index contributed by atoms with van der Waals surface area (Å²) in [6.45, 7) is 3.61. The van der Waals surface area contributed by atoms with E-state index in [9.17, 15) is 14.7 Å². The molecule has 198 valence electrons. The van der Waals surface area contributed by atoms with Crippen LogP contribution in [-0.2, 0) is 4.79 Å². The van der Waals surface area contributed by atoms with Gasteiger partial charge in [0.05, 0.1) is 28.0 Å². The molecule has 2 aromatic carbocycles. The summed E-state index contributed by atoms with van der Waals surface area (Å²) < 4.78 is 6.31. The summed E-state index contributed by atoms with van der Waals surface area (Å²) in [5, 5.41) is 16.7. The summed E-state index contributed by atoms with van der Waals surface area (Å²) in [5.74, 6) is -0.397. The number of pyridine rings is 1. The van der Waals surface area contributed by atoms with E-state index in [2.05, 4.69) is 15.6 Å². The van der Waals surface area contributed by atoms with E-state index in [1.165, 1.54) is 6.07 Å². The number of hydrogen-bond donors (Lipinski definition) is 3. The number of furan rings is 1. The highest BCUT2D eigenvalue weighted by atomic mass is 35.5. The van der Waals surface area contributed by atoms with E-state index in [1.54, 1.807) is 56.4 Å². The second-order valence-corrected chi connectivity index (χ2v) is 10.2. The van der Waals surface area contributed by atoms with Gasteiger partial charge in [-0.2, -0.15) is 0 Å². The summed E-state index contributed by atoms with van der Waals surface area (Å²) in [7, 11) is 0. The third-order valence-corrected chi connectivity index (χ3v) is 7.08. The van der Waals surface area contributed by atoms with E-state index < -0.39 is 12.0 Å². The molecule has 2 aromatic heterocycles. The molecule has 1 amide bonds. The van der Waals surface area contributed by atoms with Gasteiger partial charge in [-0.3, -0.25) is 9.78 Å².